The van der Waals surface area contributed by atoms with Crippen molar-refractivity contribution >= 4 is 11.9 Å². The summed E-state index contributed by atoms with van der Waals surface area (Å²) in [7, 11) is 0. The van der Waals surface area contributed by atoms with Crippen LogP contribution in [0.15, 0.2) is 60.9 Å². The van der Waals surface area contributed by atoms with Gasteiger partial charge in [-0.25, -0.2) is 9.97 Å². The average molecular weight is 390 g/mol. The highest BCUT2D eigenvalue weighted by Crippen LogP contribution is 2.32. The molecule has 0 fully saturated rings. The van der Waals surface area contributed by atoms with E-state index in [9.17, 15) is 4.79 Å². The van der Waals surface area contributed by atoms with E-state index in [1.165, 1.54) is 5.56 Å². The van der Waals surface area contributed by atoms with E-state index in [1.54, 1.807) is 12.4 Å². The molecule has 0 atom stereocenters. The summed E-state index contributed by atoms with van der Waals surface area (Å²) in [6.07, 6.45) is 3.12. The average Bonchev–Trinajstić information content (AvgIpc) is 3.24. The van der Waals surface area contributed by atoms with Gasteiger partial charge in [0.15, 0.2) is 11.5 Å². The molecule has 0 aliphatic carbocycles. The third-order valence-electron chi connectivity index (χ3n) is 4.67. The number of hydrogen-bond acceptors (Lipinski definition) is 6. The number of aromatic nitrogens is 2. The van der Waals surface area contributed by atoms with Crippen molar-refractivity contribution in [3.05, 3.63) is 77.6 Å². The Morgan fingerprint density at radius 2 is 1.79 bits per heavy atom. The lowest BCUT2D eigenvalue weighted by Gasteiger charge is -2.20. The molecule has 1 amide bonds. The molecule has 0 saturated carbocycles. The Kier molecular flexibility index (Phi) is 5.56. The molecule has 1 aromatic heterocycles. The second-order valence-electron chi connectivity index (χ2n) is 6.64. The van der Waals surface area contributed by atoms with E-state index in [0.29, 0.717) is 30.4 Å². The molecule has 7 heteroatoms. The quantitative estimate of drug-likeness (QED) is 0.668. The molecule has 1 aliphatic heterocycles. The maximum atomic E-state index is 12.4. The summed E-state index contributed by atoms with van der Waals surface area (Å²) in [6, 6.07) is 15.8. The lowest BCUT2D eigenvalue weighted by molar-refractivity contribution is 0.0950. The van der Waals surface area contributed by atoms with Gasteiger partial charge in [-0.15, -0.1) is 0 Å². The summed E-state index contributed by atoms with van der Waals surface area (Å²) < 4.78 is 10.7. The fraction of sp³-hybridized carbons (Fsp3) is 0.227. The second kappa shape index (κ2) is 8.60. The van der Waals surface area contributed by atoms with Crippen LogP contribution in [-0.2, 0) is 13.1 Å². The Hall–Kier alpha value is -3.61. The summed E-state index contributed by atoms with van der Waals surface area (Å²) in [4.78, 5) is 23.3. The van der Waals surface area contributed by atoms with Crippen molar-refractivity contribution in [3.63, 3.8) is 0 Å². The van der Waals surface area contributed by atoms with E-state index in [2.05, 4.69) is 39.2 Å². The molecule has 7 nitrogen and oxygen atoms in total. The molecular formula is C22H22N4O3. The molecule has 1 aliphatic rings. The van der Waals surface area contributed by atoms with E-state index in [4.69, 9.17) is 9.47 Å². The highest BCUT2D eigenvalue weighted by Gasteiger charge is 2.14. The highest BCUT2D eigenvalue weighted by atomic mass is 16.7. The van der Waals surface area contributed by atoms with Crippen LogP contribution in [0.3, 0.4) is 0 Å². The molecule has 0 saturated heterocycles. The maximum Gasteiger partial charge on any atom is 0.254 e. The Balaban J connectivity index is 1.37. The predicted octanol–water partition coefficient (Wildman–Crippen LogP) is 3.16. The van der Waals surface area contributed by atoms with Crippen molar-refractivity contribution in [3.8, 4) is 11.5 Å². The van der Waals surface area contributed by atoms with Gasteiger partial charge in [0.05, 0.1) is 5.56 Å². The van der Waals surface area contributed by atoms with Crippen LogP contribution in [0.4, 0.5) is 5.95 Å². The third-order valence-corrected chi connectivity index (χ3v) is 4.67. The monoisotopic (exact) mass is 390 g/mol. The standard InChI is InChI=1S/C22H22N4O3/c1-2-26(14-16-6-4-3-5-7-16)22-24-12-18(13-25-22)21(27)23-11-17-8-9-19-20(10-17)29-15-28-19/h3-10,12-13H,2,11,14-15H2,1H3,(H,23,27). The van der Waals surface area contributed by atoms with Gasteiger partial charge >= 0.3 is 0 Å². The highest BCUT2D eigenvalue weighted by molar-refractivity contribution is 5.93. The molecule has 2 heterocycles. The molecule has 0 bridgehead atoms. The van der Waals surface area contributed by atoms with Crippen molar-refractivity contribution in [1.82, 2.24) is 15.3 Å². The Labute approximate surface area is 169 Å². The number of benzene rings is 2. The Morgan fingerprint density at radius 3 is 2.55 bits per heavy atom. The third kappa shape index (κ3) is 4.45. The lowest BCUT2D eigenvalue weighted by atomic mass is 10.2. The molecule has 0 unspecified atom stereocenters. The summed E-state index contributed by atoms with van der Waals surface area (Å²) in [6.45, 7) is 4.15. The van der Waals surface area contributed by atoms with Crippen LogP contribution >= 0.6 is 0 Å². The number of anilines is 1. The fourth-order valence-electron chi connectivity index (χ4n) is 3.06. The van der Waals surface area contributed by atoms with E-state index in [-0.39, 0.29) is 12.7 Å². The van der Waals surface area contributed by atoms with Crippen molar-refractivity contribution in [2.45, 2.75) is 20.0 Å². The number of ether oxygens (including phenoxy) is 2. The Morgan fingerprint density at radius 1 is 1.03 bits per heavy atom. The minimum Gasteiger partial charge on any atom is -0.454 e. The van der Waals surface area contributed by atoms with E-state index < -0.39 is 0 Å². The maximum absolute atomic E-state index is 12.4. The molecule has 4 rings (SSSR count). The first kappa shape index (κ1) is 18.7. The largest absolute Gasteiger partial charge is 0.454 e. The molecule has 29 heavy (non-hydrogen) atoms. The number of nitrogens with zero attached hydrogens (tertiary/aromatic N) is 3. The summed E-state index contributed by atoms with van der Waals surface area (Å²) in [5.74, 6) is 1.80. The van der Waals surface area contributed by atoms with Crippen LogP contribution < -0.4 is 19.7 Å². The number of nitrogens with one attached hydrogen (secondary N) is 1. The first-order chi connectivity index (χ1) is 14.2. The van der Waals surface area contributed by atoms with Crippen LogP contribution in [0.1, 0.15) is 28.4 Å². The zero-order valence-electron chi connectivity index (χ0n) is 16.2. The topological polar surface area (TPSA) is 76.6 Å². The molecule has 1 N–H and O–H groups in total. The number of carbonyl (C=O) groups is 1. The van der Waals surface area contributed by atoms with Crippen molar-refractivity contribution in [2.75, 3.05) is 18.2 Å². The number of hydrogen-bond donors (Lipinski definition) is 1. The van der Waals surface area contributed by atoms with Crippen molar-refractivity contribution in [1.29, 1.82) is 0 Å². The molecular weight excluding hydrogens is 368 g/mol. The van der Waals surface area contributed by atoms with Crippen LogP contribution in [0.2, 0.25) is 0 Å². The van der Waals surface area contributed by atoms with Gasteiger partial charge in [-0.05, 0) is 30.2 Å². The van der Waals surface area contributed by atoms with E-state index in [0.717, 1.165) is 17.9 Å². The first-order valence-electron chi connectivity index (χ1n) is 9.50. The van der Waals surface area contributed by atoms with Crippen LogP contribution in [0.25, 0.3) is 0 Å². The van der Waals surface area contributed by atoms with Gasteiger partial charge < -0.3 is 19.7 Å². The van der Waals surface area contributed by atoms with Gasteiger partial charge in [0.2, 0.25) is 12.7 Å². The summed E-state index contributed by atoms with van der Waals surface area (Å²) in [5, 5.41) is 2.88. The molecule has 148 valence electrons. The van der Waals surface area contributed by atoms with Crippen LogP contribution in [0.5, 0.6) is 11.5 Å². The van der Waals surface area contributed by atoms with E-state index in [1.807, 2.05) is 36.4 Å². The minimum absolute atomic E-state index is 0.222. The fourth-order valence-corrected chi connectivity index (χ4v) is 3.06. The van der Waals surface area contributed by atoms with Gasteiger partial charge in [0, 0.05) is 32.0 Å². The Bertz CT molecular complexity index is 977. The number of amides is 1. The summed E-state index contributed by atoms with van der Waals surface area (Å²) >= 11 is 0. The number of rotatable bonds is 7. The number of carbonyl (C=O) groups excluding carboxylic acids is 1. The van der Waals surface area contributed by atoms with Crippen molar-refractivity contribution in [2.24, 2.45) is 0 Å². The van der Waals surface area contributed by atoms with Crippen molar-refractivity contribution < 1.29 is 14.3 Å². The molecule has 2 aromatic carbocycles. The SMILES string of the molecule is CCN(Cc1ccccc1)c1ncc(C(=O)NCc2ccc3c(c2)OCO3)cn1. The van der Waals surface area contributed by atoms with Gasteiger partial charge in [-0.3, -0.25) is 4.79 Å². The molecule has 0 radical (unpaired) electrons. The van der Waals surface area contributed by atoms with E-state index >= 15 is 0 Å². The van der Waals surface area contributed by atoms with Gasteiger partial charge in [0.25, 0.3) is 5.91 Å². The zero-order chi connectivity index (χ0) is 20.1. The first-order valence-corrected chi connectivity index (χ1v) is 9.50. The minimum atomic E-state index is -0.222. The predicted molar refractivity (Wildman–Crippen MR) is 109 cm³/mol. The summed E-state index contributed by atoms with van der Waals surface area (Å²) in [5.41, 5.74) is 2.54. The smallest absolute Gasteiger partial charge is 0.254 e. The number of fused-ring (bicyclic) bond motifs is 1. The molecule has 3 aromatic rings. The van der Waals surface area contributed by atoms with Crippen LogP contribution in [0, 0.1) is 0 Å². The zero-order valence-corrected chi connectivity index (χ0v) is 16.2. The van der Waals surface area contributed by atoms with Gasteiger partial charge in [-0.2, -0.15) is 0 Å². The van der Waals surface area contributed by atoms with Gasteiger partial charge in [-0.1, -0.05) is 36.4 Å². The molecule has 0 spiro atoms. The van der Waals surface area contributed by atoms with Gasteiger partial charge in [0.1, 0.15) is 0 Å². The normalized spacial score (nSPS) is 11.9. The second-order valence-corrected chi connectivity index (χ2v) is 6.64. The lowest BCUT2D eigenvalue weighted by Crippen LogP contribution is -2.26. The van der Waals surface area contributed by atoms with Crippen LogP contribution in [-0.4, -0.2) is 29.2 Å².